The molecule has 0 radical (unpaired) electrons. The van der Waals surface area contributed by atoms with E-state index >= 15 is 0 Å². The zero-order chi connectivity index (χ0) is 9.56. The maximum Gasteiger partial charge on any atom is 0.234 e. The van der Waals surface area contributed by atoms with Gasteiger partial charge >= 0.3 is 0 Å². The van der Waals surface area contributed by atoms with E-state index in [4.69, 9.17) is 12.2 Å². The van der Waals surface area contributed by atoms with Crippen molar-refractivity contribution < 1.29 is 4.79 Å². The molecule has 0 saturated carbocycles. The molecule has 2 unspecified atom stereocenters. The molecule has 0 saturated heterocycles. The van der Waals surface area contributed by atoms with Gasteiger partial charge in [0.2, 0.25) is 5.91 Å². The Morgan fingerprint density at radius 1 is 1.75 bits per heavy atom. The highest BCUT2D eigenvalue weighted by Crippen LogP contribution is 1.96. The van der Waals surface area contributed by atoms with Crippen LogP contribution in [0.3, 0.4) is 0 Å². The molecule has 3 heteroatoms. The zero-order valence-corrected chi connectivity index (χ0v) is 7.63. The Kier molecular flexibility index (Phi) is 5.14. The van der Waals surface area contributed by atoms with E-state index in [9.17, 15) is 4.79 Å². The van der Waals surface area contributed by atoms with Crippen molar-refractivity contribution >= 4 is 5.91 Å². The van der Waals surface area contributed by atoms with Gasteiger partial charge in [0.05, 0.1) is 12.1 Å². The lowest BCUT2D eigenvalue weighted by molar-refractivity contribution is -0.119. The molecule has 0 heterocycles. The molecule has 0 aromatic heterocycles. The Morgan fingerprint density at radius 2 is 2.33 bits per heavy atom. The second kappa shape index (κ2) is 5.62. The van der Waals surface area contributed by atoms with Gasteiger partial charge in [-0.2, -0.15) is 0 Å². The van der Waals surface area contributed by atoms with Crippen molar-refractivity contribution in [2.45, 2.75) is 38.8 Å². The normalized spacial score (nSPS) is 14.8. The van der Waals surface area contributed by atoms with Gasteiger partial charge in [0.25, 0.3) is 0 Å². The average Bonchev–Trinajstić information content (AvgIpc) is 2.03. The number of nitrogens with two attached hydrogens (primary N) is 1. The predicted molar refractivity (Wildman–Crippen MR) is 49.3 cm³/mol. The van der Waals surface area contributed by atoms with Crippen molar-refractivity contribution in [3.63, 3.8) is 0 Å². The average molecular weight is 168 g/mol. The molecule has 0 spiro atoms. The van der Waals surface area contributed by atoms with Crippen LogP contribution in [0.1, 0.15) is 26.7 Å². The van der Waals surface area contributed by atoms with Gasteiger partial charge in [-0.1, -0.05) is 19.3 Å². The van der Waals surface area contributed by atoms with Crippen molar-refractivity contribution in [3.05, 3.63) is 0 Å². The molecule has 12 heavy (non-hydrogen) atoms. The first-order chi connectivity index (χ1) is 5.61. The van der Waals surface area contributed by atoms with E-state index in [2.05, 4.69) is 11.2 Å². The van der Waals surface area contributed by atoms with Crippen molar-refractivity contribution in [2.75, 3.05) is 0 Å². The third kappa shape index (κ3) is 3.99. The van der Waals surface area contributed by atoms with Gasteiger partial charge in [0, 0.05) is 0 Å². The summed E-state index contributed by atoms with van der Waals surface area (Å²) in [5.74, 6) is 2.20. The molecule has 0 aliphatic carbocycles. The van der Waals surface area contributed by atoms with E-state index in [0.29, 0.717) is 0 Å². The summed E-state index contributed by atoms with van der Waals surface area (Å²) in [6.45, 7) is 3.75. The van der Waals surface area contributed by atoms with E-state index in [-0.39, 0.29) is 18.0 Å². The molecule has 0 bridgehead atoms. The Labute approximate surface area is 73.7 Å². The summed E-state index contributed by atoms with van der Waals surface area (Å²) < 4.78 is 0. The largest absolute Gasteiger partial charge is 0.368 e. The van der Waals surface area contributed by atoms with Gasteiger partial charge in [0.1, 0.15) is 0 Å². The minimum Gasteiger partial charge on any atom is -0.368 e. The fraction of sp³-hybridized carbons (Fsp3) is 0.667. The van der Waals surface area contributed by atoms with Crippen LogP contribution in [0.25, 0.3) is 0 Å². The number of carbonyl (C=O) groups excluding carboxylic acids is 1. The van der Waals surface area contributed by atoms with Crippen LogP contribution in [0.5, 0.6) is 0 Å². The minimum atomic E-state index is -0.369. The number of terminal acetylenes is 1. The summed E-state index contributed by atoms with van der Waals surface area (Å²) in [6.07, 6.45) is 7.11. The number of hydrogen-bond donors (Lipinski definition) is 2. The van der Waals surface area contributed by atoms with E-state index in [0.717, 1.165) is 12.8 Å². The van der Waals surface area contributed by atoms with Crippen LogP contribution in [0, 0.1) is 12.3 Å². The topological polar surface area (TPSA) is 55.1 Å². The van der Waals surface area contributed by atoms with Crippen molar-refractivity contribution in [3.8, 4) is 12.3 Å². The smallest absolute Gasteiger partial charge is 0.234 e. The molecule has 0 aromatic rings. The number of amides is 1. The van der Waals surface area contributed by atoms with Crippen LogP contribution in [-0.4, -0.2) is 18.0 Å². The van der Waals surface area contributed by atoms with Gasteiger partial charge < -0.3 is 5.73 Å². The highest BCUT2D eigenvalue weighted by Gasteiger charge is 2.12. The van der Waals surface area contributed by atoms with E-state index in [1.54, 1.807) is 6.92 Å². The van der Waals surface area contributed by atoms with E-state index < -0.39 is 0 Å². The Bertz CT molecular complexity index is 183. The number of carbonyl (C=O) groups is 1. The fourth-order valence-corrected chi connectivity index (χ4v) is 0.887. The molecule has 0 aliphatic rings. The SMILES string of the molecule is C#CC(CCC)NC(C)C(N)=O. The molecule has 0 aliphatic heterocycles. The Hall–Kier alpha value is -1.01. The number of primary amides is 1. The fourth-order valence-electron chi connectivity index (χ4n) is 0.887. The maximum atomic E-state index is 10.6. The van der Waals surface area contributed by atoms with Gasteiger partial charge in [-0.05, 0) is 13.3 Å². The zero-order valence-electron chi connectivity index (χ0n) is 7.63. The molecule has 2 atom stereocenters. The third-order valence-corrected chi connectivity index (χ3v) is 1.66. The summed E-state index contributed by atoms with van der Waals surface area (Å²) in [7, 11) is 0. The summed E-state index contributed by atoms with van der Waals surface area (Å²) in [5, 5.41) is 2.96. The second-order valence-corrected chi connectivity index (χ2v) is 2.80. The molecule has 3 nitrogen and oxygen atoms in total. The lowest BCUT2D eigenvalue weighted by Crippen LogP contribution is -2.43. The van der Waals surface area contributed by atoms with Crippen LogP contribution < -0.4 is 11.1 Å². The van der Waals surface area contributed by atoms with Gasteiger partial charge in [-0.15, -0.1) is 6.42 Å². The first-order valence-corrected chi connectivity index (χ1v) is 4.13. The monoisotopic (exact) mass is 168 g/mol. The summed E-state index contributed by atoms with van der Waals surface area (Å²) in [6, 6.07) is -0.393. The summed E-state index contributed by atoms with van der Waals surface area (Å²) >= 11 is 0. The Morgan fingerprint density at radius 3 is 2.67 bits per heavy atom. The number of nitrogens with one attached hydrogen (secondary N) is 1. The second-order valence-electron chi connectivity index (χ2n) is 2.80. The molecule has 0 rings (SSSR count). The lowest BCUT2D eigenvalue weighted by atomic mass is 10.1. The quantitative estimate of drug-likeness (QED) is 0.578. The van der Waals surface area contributed by atoms with Crippen LogP contribution in [0.4, 0.5) is 0 Å². The molecule has 68 valence electrons. The molecule has 0 fully saturated rings. The standard InChI is InChI=1S/C9H16N2O/c1-4-6-8(5-2)11-7(3)9(10)12/h2,7-8,11H,4,6H2,1,3H3,(H2,10,12). The Balaban J connectivity index is 3.87. The van der Waals surface area contributed by atoms with Crippen LogP contribution >= 0.6 is 0 Å². The van der Waals surface area contributed by atoms with E-state index in [1.165, 1.54) is 0 Å². The third-order valence-electron chi connectivity index (χ3n) is 1.66. The predicted octanol–water partition coefficient (Wildman–Crippen LogP) is 0.252. The van der Waals surface area contributed by atoms with Gasteiger partial charge in [-0.25, -0.2) is 0 Å². The van der Waals surface area contributed by atoms with E-state index in [1.807, 2.05) is 6.92 Å². The highest BCUT2D eigenvalue weighted by molar-refractivity contribution is 5.79. The van der Waals surface area contributed by atoms with Crippen molar-refractivity contribution in [2.24, 2.45) is 5.73 Å². The van der Waals surface area contributed by atoms with Crippen LogP contribution in [0.15, 0.2) is 0 Å². The molecular weight excluding hydrogens is 152 g/mol. The number of rotatable bonds is 5. The lowest BCUT2D eigenvalue weighted by Gasteiger charge is -2.15. The summed E-state index contributed by atoms with van der Waals surface area (Å²) in [5.41, 5.74) is 5.07. The van der Waals surface area contributed by atoms with Crippen LogP contribution in [-0.2, 0) is 4.79 Å². The van der Waals surface area contributed by atoms with Gasteiger partial charge in [-0.3, -0.25) is 10.1 Å². The molecule has 3 N–H and O–H groups in total. The molecular formula is C9H16N2O. The van der Waals surface area contributed by atoms with Crippen molar-refractivity contribution in [1.29, 1.82) is 0 Å². The molecule has 0 aromatic carbocycles. The first kappa shape index (κ1) is 11.0. The van der Waals surface area contributed by atoms with Crippen LogP contribution in [0.2, 0.25) is 0 Å². The highest BCUT2D eigenvalue weighted by atomic mass is 16.1. The van der Waals surface area contributed by atoms with Crippen molar-refractivity contribution in [1.82, 2.24) is 5.32 Å². The summed E-state index contributed by atoms with van der Waals surface area (Å²) in [4.78, 5) is 10.6. The molecule has 1 amide bonds. The number of hydrogen-bond acceptors (Lipinski definition) is 2. The maximum absolute atomic E-state index is 10.6. The minimum absolute atomic E-state index is 0.0440. The first-order valence-electron chi connectivity index (χ1n) is 4.13. The van der Waals surface area contributed by atoms with Gasteiger partial charge in [0.15, 0.2) is 0 Å².